The van der Waals surface area contributed by atoms with Gasteiger partial charge in [0.25, 0.3) is 5.91 Å². The van der Waals surface area contributed by atoms with Gasteiger partial charge in [0.05, 0.1) is 18.4 Å². The molecule has 0 bridgehead atoms. The van der Waals surface area contributed by atoms with E-state index in [-0.39, 0.29) is 16.1 Å². The number of primary amides is 1. The summed E-state index contributed by atoms with van der Waals surface area (Å²) in [5.41, 5.74) is 11.5. The molecule has 1 aromatic rings. The monoisotopic (exact) mass is 297 g/mol. The molecule has 0 radical (unpaired) electrons. The maximum atomic E-state index is 11.6. The van der Waals surface area contributed by atoms with Gasteiger partial charge in [-0.3, -0.25) is 4.79 Å². The van der Waals surface area contributed by atoms with Gasteiger partial charge in [-0.05, 0) is 12.8 Å². The molecule has 0 aromatic carbocycles. The Morgan fingerprint density at radius 2 is 1.95 bits per heavy atom. The Kier molecular flexibility index (Phi) is 4.49. The third-order valence-electron chi connectivity index (χ3n) is 3.50. The lowest BCUT2D eigenvalue weighted by Crippen LogP contribution is -2.23. The van der Waals surface area contributed by atoms with Crippen LogP contribution in [0.15, 0.2) is 0 Å². The predicted molar refractivity (Wildman–Crippen MR) is 79.1 cm³/mol. The van der Waals surface area contributed by atoms with Gasteiger partial charge in [-0.1, -0.05) is 19.3 Å². The van der Waals surface area contributed by atoms with Crippen molar-refractivity contribution in [3.8, 4) is 0 Å². The van der Waals surface area contributed by atoms with Crippen LogP contribution in [0.1, 0.15) is 52.1 Å². The van der Waals surface area contributed by atoms with Crippen molar-refractivity contribution in [3.05, 3.63) is 10.4 Å². The van der Waals surface area contributed by atoms with E-state index in [1.807, 2.05) is 0 Å². The zero-order valence-electron chi connectivity index (χ0n) is 11.4. The van der Waals surface area contributed by atoms with Crippen molar-refractivity contribution in [1.29, 1.82) is 0 Å². The Balaban J connectivity index is 2.30. The van der Waals surface area contributed by atoms with Crippen molar-refractivity contribution < 1.29 is 14.3 Å². The lowest BCUT2D eigenvalue weighted by Gasteiger charge is -2.23. The number of rotatable bonds is 4. The highest BCUT2D eigenvalue weighted by molar-refractivity contribution is 7.19. The lowest BCUT2D eigenvalue weighted by molar-refractivity contribution is 0.0607. The number of nitrogen functional groups attached to an aromatic ring is 1. The predicted octanol–water partition coefficient (Wildman–Crippen LogP) is 1.96. The fraction of sp³-hybridized carbons (Fsp3) is 0.538. The van der Waals surface area contributed by atoms with E-state index in [2.05, 4.69) is 10.1 Å². The SMILES string of the molecule is COC(=O)c1sc(NC2CCCCC2)c(C(N)=O)c1N. The van der Waals surface area contributed by atoms with Crippen LogP contribution in [-0.2, 0) is 4.74 Å². The van der Waals surface area contributed by atoms with Crippen LogP contribution in [0.5, 0.6) is 0 Å². The zero-order chi connectivity index (χ0) is 14.7. The molecule has 0 unspecified atom stereocenters. The van der Waals surface area contributed by atoms with Crippen LogP contribution in [0.3, 0.4) is 0 Å². The first kappa shape index (κ1) is 14.6. The van der Waals surface area contributed by atoms with Crippen LogP contribution in [0.25, 0.3) is 0 Å². The normalized spacial score (nSPS) is 15.8. The van der Waals surface area contributed by atoms with Crippen LogP contribution in [0, 0.1) is 0 Å². The summed E-state index contributed by atoms with van der Waals surface area (Å²) in [5, 5.41) is 3.87. The fourth-order valence-electron chi connectivity index (χ4n) is 2.47. The van der Waals surface area contributed by atoms with Crippen LogP contribution < -0.4 is 16.8 Å². The van der Waals surface area contributed by atoms with Gasteiger partial charge in [0.1, 0.15) is 9.88 Å². The number of hydrogen-bond acceptors (Lipinski definition) is 6. The molecule has 1 aromatic heterocycles. The molecule has 1 saturated carbocycles. The van der Waals surface area contributed by atoms with Crippen LogP contribution in [0.2, 0.25) is 0 Å². The minimum atomic E-state index is -0.632. The fourth-order valence-corrected chi connectivity index (χ4v) is 3.59. The van der Waals surface area contributed by atoms with E-state index >= 15 is 0 Å². The number of ether oxygens (including phenoxy) is 1. The Labute approximate surface area is 121 Å². The molecular weight excluding hydrogens is 278 g/mol. The van der Waals surface area contributed by atoms with Crippen LogP contribution >= 0.6 is 11.3 Å². The van der Waals surface area contributed by atoms with Gasteiger partial charge in [0.15, 0.2) is 0 Å². The molecule has 6 nitrogen and oxygen atoms in total. The Morgan fingerprint density at radius 1 is 1.30 bits per heavy atom. The summed E-state index contributed by atoms with van der Waals surface area (Å²) in [7, 11) is 1.28. The number of nitrogens with one attached hydrogen (secondary N) is 1. The Bertz CT molecular complexity index is 521. The number of esters is 1. The number of thiophene rings is 1. The highest BCUT2D eigenvalue weighted by Gasteiger charge is 2.26. The van der Waals surface area contributed by atoms with Gasteiger partial charge in [-0.25, -0.2) is 4.79 Å². The Morgan fingerprint density at radius 3 is 2.50 bits per heavy atom. The molecule has 20 heavy (non-hydrogen) atoms. The number of carbonyl (C=O) groups excluding carboxylic acids is 2. The second-order valence-electron chi connectivity index (χ2n) is 4.88. The van der Waals surface area contributed by atoms with E-state index in [0.717, 1.165) is 37.0 Å². The molecule has 1 fully saturated rings. The molecular formula is C13H19N3O3S. The summed E-state index contributed by atoms with van der Waals surface area (Å²) in [6.45, 7) is 0. The smallest absolute Gasteiger partial charge is 0.350 e. The van der Waals surface area contributed by atoms with Gasteiger partial charge in [-0.2, -0.15) is 0 Å². The first-order valence-electron chi connectivity index (χ1n) is 6.61. The first-order valence-corrected chi connectivity index (χ1v) is 7.43. The van der Waals surface area contributed by atoms with Crippen LogP contribution in [0.4, 0.5) is 10.7 Å². The van der Waals surface area contributed by atoms with E-state index < -0.39 is 11.9 Å². The Hall–Kier alpha value is -1.76. The molecule has 110 valence electrons. The molecule has 0 saturated heterocycles. The highest BCUT2D eigenvalue weighted by Crippen LogP contribution is 2.37. The third-order valence-corrected chi connectivity index (χ3v) is 4.62. The third kappa shape index (κ3) is 2.87. The van der Waals surface area contributed by atoms with E-state index in [1.54, 1.807) is 0 Å². The van der Waals surface area contributed by atoms with E-state index in [0.29, 0.717) is 11.0 Å². The second kappa shape index (κ2) is 6.13. The summed E-state index contributed by atoms with van der Waals surface area (Å²) in [4.78, 5) is 23.4. The standard InChI is InChI=1S/C13H19N3O3S/c1-19-13(18)10-9(14)8(11(15)17)12(20-10)16-7-5-3-2-4-6-7/h7,16H,2-6,14H2,1H3,(H2,15,17). The molecule has 5 N–H and O–H groups in total. The molecule has 1 aliphatic carbocycles. The quantitative estimate of drug-likeness (QED) is 0.736. The molecule has 2 rings (SSSR count). The van der Waals surface area contributed by atoms with Crippen molar-refractivity contribution in [3.63, 3.8) is 0 Å². The molecule has 1 aliphatic rings. The van der Waals surface area contributed by atoms with E-state index in [1.165, 1.54) is 13.5 Å². The minimum absolute atomic E-state index is 0.104. The highest BCUT2D eigenvalue weighted by atomic mass is 32.1. The first-order chi connectivity index (χ1) is 9.54. The van der Waals surface area contributed by atoms with Crippen molar-refractivity contribution in [2.75, 3.05) is 18.2 Å². The maximum absolute atomic E-state index is 11.6. The van der Waals surface area contributed by atoms with Gasteiger partial charge in [0.2, 0.25) is 0 Å². The molecule has 1 amide bonds. The summed E-state index contributed by atoms with van der Waals surface area (Å²) in [5.74, 6) is -1.18. The molecule has 1 heterocycles. The van der Waals surface area contributed by atoms with Crippen LogP contribution in [-0.4, -0.2) is 25.0 Å². The van der Waals surface area contributed by atoms with Crippen molar-refractivity contribution in [2.24, 2.45) is 5.73 Å². The average molecular weight is 297 g/mol. The zero-order valence-corrected chi connectivity index (χ0v) is 12.2. The van der Waals surface area contributed by atoms with Crippen molar-refractivity contribution >= 4 is 33.9 Å². The van der Waals surface area contributed by atoms with E-state index in [9.17, 15) is 9.59 Å². The number of methoxy groups -OCH3 is 1. The lowest BCUT2D eigenvalue weighted by atomic mass is 9.95. The minimum Gasteiger partial charge on any atom is -0.465 e. The van der Waals surface area contributed by atoms with Gasteiger partial charge < -0.3 is 21.5 Å². The topological polar surface area (TPSA) is 107 Å². The molecule has 7 heteroatoms. The maximum Gasteiger partial charge on any atom is 0.350 e. The number of hydrogen-bond donors (Lipinski definition) is 3. The van der Waals surface area contributed by atoms with Gasteiger partial charge in [-0.15, -0.1) is 11.3 Å². The summed E-state index contributed by atoms with van der Waals surface area (Å²) >= 11 is 1.13. The number of amides is 1. The van der Waals surface area contributed by atoms with Gasteiger partial charge in [0, 0.05) is 6.04 Å². The summed E-state index contributed by atoms with van der Waals surface area (Å²) in [6.07, 6.45) is 5.65. The molecule has 0 aliphatic heterocycles. The number of nitrogens with two attached hydrogens (primary N) is 2. The average Bonchev–Trinajstić information content (AvgIpc) is 2.76. The van der Waals surface area contributed by atoms with E-state index in [4.69, 9.17) is 11.5 Å². The molecule has 0 atom stereocenters. The van der Waals surface area contributed by atoms with Crippen molar-refractivity contribution in [1.82, 2.24) is 0 Å². The summed E-state index contributed by atoms with van der Waals surface area (Å²) < 4.78 is 4.67. The largest absolute Gasteiger partial charge is 0.465 e. The number of anilines is 2. The van der Waals surface area contributed by atoms with Crippen molar-refractivity contribution in [2.45, 2.75) is 38.1 Å². The second-order valence-corrected chi connectivity index (χ2v) is 5.90. The number of carbonyl (C=O) groups is 2. The summed E-state index contributed by atoms with van der Waals surface area (Å²) in [6, 6.07) is 0.297. The molecule has 0 spiro atoms. The van der Waals surface area contributed by atoms with Gasteiger partial charge >= 0.3 is 5.97 Å².